The van der Waals surface area contributed by atoms with Crippen LogP contribution >= 0.6 is 0 Å². The van der Waals surface area contributed by atoms with E-state index in [-0.39, 0.29) is 11.4 Å². The maximum absolute atomic E-state index is 12.5. The van der Waals surface area contributed by atoms with Crippen LogP contribution in [-0.4, -0.2) is 58.8 Å². The van der Waals surface area contributed by atoms with Gasteiger partial charge >= 0.3 is 0 Å². The molecule has 1 aromatic carbocycles. The van der Waals surface area contributed by atoms with E-state index in [4.69, 9.17) is 4.74 Å². The average molecular weight is 338 g/mol. The topological polar surface area (TPSA) is 58.6 Å². The molecule has 5 nitrogen and oxygen atoms in total. The normalized spacial score (nSPS) is 18.6. The molecule has 128 valence electrons. The van der Waals surface area contributed by atoms with Crippen LogP contribution in [0.4, 0.5) is 0 Å². The fraction of sp³-hybridized carbons (Fsp3) is 0.588. The maximum Gasteiger partial charge on any atom is 0.253 e. The van der Waals surface area contributed by atoms with E-state index >= 15 is 0 Å². The predicted octanol–water partition coefficient (Wildman–Crippen LogP) is 1.33. The molecule has 1 heterocycles. The van der Waals surface area contributed by atoms with Crippen LogP contribution in [0.1, 0.15) is 25.5 Å². The van der Waals surface area contributed by atoms with Crippen molar-refractivity contribution in [2.75, 3.05) is 38.2 Å². The largest absolute Gasteiger partial charge is 0.367 e. The summed E-state index contributed by atoms with van der Waals surface area (Å²) in [6.07, 6.45) is -0.596. The summed E-state index contributed by atoms with van der Waals surface area (Å²) < 4.78 is 16.8. The van der Waals surface area contributed by atoms with Gasteiger partial charge in [-0.1, -0.05) is 30.3 Å². The Labute approximate surface area is 140 Å². The van der Waals surface area contributed by atoms with E-state index in [1.165, 1.54) is 0 Å². The fourth-order valence-corrected chi connectivity index (χ4v) is 3.83. The Hall–Kier alpha value is -1.24. The molecule has 1 aliphatic heterocycles. The van der Waals surface area contributed by atoms with Crippen LogP contribution in [0.5, 0.6) is 0 Å². The average Bonchev–Trinajstić information content (AvgIpc) is 2.55. The lowest BCUT2D eigenvalue weighted by Crippen LogP contribution is -2.56. The first-order chi connectivity index (χ1) is 10.9. The number of ether oxygens (including phenoxy) is 1. The van der Waals surface area contributed by atoms with Crippen molar-refractivity contribution in [2.45, 2.75) is 25.5 Å². The maximum atomic E-state index is 12.5. The van der Waals surface area contributed by atoms with Gasteiger partial charge in [0.25, 0.3) is 5.91 Å². The van der Waals surface area contributed by atoms with E-state index in [2.05, 4.69) is 24.1 Å². The summed E-state index contributed by atoms with van der Waals surface area (Å²) in [5, 5.41) is 3.00. The summed E-state index contributed by atoms with van der Waals surface area (Å²) in [7, 11) is 0.853. The summed E-state index contributed by atoms with van der Waals surface area (Å²) in [4.78, 5) is 14.7. The molecule has 6 heteroatoms. The standard InChI is InChI=1S/C17H26N2O3S/c1-17(2,19-9-11-23(21)12-10-19)13-18-16(20)15(22-3)14-7-5-4-6-8-14/h4-8,15H,9-13H2,1-3H3,(H,18,20)/t15-/m1/s1. The highest BCUT2D eigenvalue weighted by atomic mass is 32.2. The summed E-state index contributed by atoms with van der Waals surface area (Å²) in [5.74, 6) is 1.29. The molecule has 0 spiro atoms. The third kappa shape index (κ3) is 4.86. The van der Waals surface area contributed by atoms with Gasteiger partial charge < -0.3 is 10.1 Å². The van der Waals surface area contributed by atoms with Crippen LogP contribution in [0.25, 0.3) is 0 Å². The smallest absolute Gasteiger partial charge is 0.253 e. The SMILES string of the molecule is CO[C@@H](C(=O)NCC(C)(C)N1CCS(=O)CC1)c1ccccc1. The second kappa shape index (κ2) is 8.04. The zero-order valence-corrected chi connectivity index (χ0v) is 14.9. The molecular formula is C17H26N2O3S. The summed E-state index contributed by atoms with van der Waals surface area (Å²) >= 11 is 0. The molecule has 0 bridgehead atoms. The number of hydrogen-bond acceptors (Lipinski definition) is 4. The summed E-state index contributed by atoms with van der Waals surface area (Å²) in [6, 6.07) is 9.48. The van der Waals surface area contributed by atoms with Gasteiger partial charge in [0.2, 0.25) is 0 Å². The minimum absolute atomic E-state index is 0.132. The molecule has 0 saturated carbocycles. The Bertz CT molecular complexity index is 538. The Balaban J connectivity index is 1.93. The van der Waals surface area contributed by atoms with Gasteiger partial charge in [-0.3, -0.25) is 13.9 Å². The van der Waals surface area contributed by atoms with Crippen molar-refractivity contribution in [3.05, 3.63) is 35.9 Å². The summed E-state index contributed by atoms with van der Waals surface area (Å²) in [5.41, 5.74) is 0.675. The Kier molecular flexibility index (Phi) is 6.33. The molecule has 1 saturated heterocycles. The van der Waals surface area contributed by atoms with Crippen molar-refractivity contribution in [3.8, 4) is 0 Å². The molecular weight excluding hydrogens is 312 g/mol. The first-order valence-corrected chi connectivity index (χ1v) is 9.38. The van der Waals surface area contributed by atoms with E-state index in [1.54, 1.807) is 7.11 Å². The number of carbonyl (C=O) groups is 1. The van der Waals surface area contributed by atoms with Crippen molar-refractivity contribution in [1.29, 1.82) is 0 Å². The zero-order chi connectivity index (χ0) is 16.9. The van der Waals surface area contributed by atoms with Gasteiger partial charge in [0.1, 0.15) is 0 Å². The molecule has 0 aliphatic carbocycles. The minimum Gasteiger partial charge on any atom is -0.367 e. The number of carbonyl (C=O) groups excluding carboxylic acids is 1. The monoisotopic (exact) mass is 338 g/mol. The lowest BCUT2D eigenvalue weighted by Gasteiger charge is -2.40. The first-order valence-electron chi connectivity index (χ1n) is 7.89. The molecule has 1 aliphatic rings. The lowest BCUT2D eigenvalue weighted by molar-refractivity contribution is -0.132. The lowest BCUT2D eigenvalue weighted by atomic mass is 10.0. The third-order valence-corrected chi connectivity index (χ3v) is 5.58. The molecule has 0 radical (unpaired) electrons. The van der Waals surface area contributed by atoms with Gasteiger partial charge in [0.15, 0.2) is 6.10 Å². The summed E-state index contributed by atoms with van der Waals surface area (Å²) in [6.45, 7) is 6.35. The predicted molar refractivity (Wildman–Crippen MR) is 92.7 cm³/mol. The third-order valence-electron chi connectivity index (χ3n) is 4.31. The molecule has 0 unspecified atom stereocenters. The number of methoxy groups -OCH3 is 1. The Morgan fingerprint density at radius 3 is 2.48 bits per heavy atom. The number of nitrogens with zero attached hydrogens (tertiary/aromatic N) is 1. The molecule has 0 aromatic heterocycles. The molecule has 1 N–H and O–H groups in total. The van der Waals surface area contributed by atoms with Gasteiger partial charge in [0.05, 0.1) is 0 Å². The highest BCUT2D eigenvalue weighted by Crippen LogP contribution is 2.19. The first kappa shape index (κ1) is 18.1. The van der Waals surface area contributed by atoms with Crippen molar-refractivity contribution in [3.63, 3.8) is 0 Å². The van der Waals surface area contributed by atoms with Gasteiger partial charge in [-0.15, -0.1) is 0 Å². The second-order valence-electron chi connectivity index (χ2n) is 6.39. The molecule has 23 heavy (non-hydrogen) atoms. The van der Waals surface area contributed by atoms with Gasteiger partial charge in [-0.25, -0.2) is 0 Å². The number of hydrogen-bond donors (Lipinski definition) is 1. The van der Waals surface area contributed by atoms with Gasteiger partial charge in [0, 0.05) is 54.6 Å². The molecule has 1 fully saturated rings. The van der Waals surface area contributed by atoms with Crippen LogP contribution in [0.15, 0.2) is 30.3 Å². The van der Waals surface area contributed by atoms with E-state index in [0.717, 1.165) is 18.7 Å². The second-order valence-corrected chi connectivity index (χ2v) is 8.09. The minimum atomic E-state index is -0.691. The van der Waals surface area contributed by atoms with Crippen LogP contribution in [0.2, 0.25) is 0 Å². The van der Waals surface area contributed by atoms with E-state index < -0.39 is 16.9 Å². The van der Waals surface area contributed by atoms with Crippen LogP contribution in [0, 0.1) is 0 Å². The van der Waals surface area contributed by atoms with Crippen molar-refractivity contribution in [2.24, 2.45) is 0 Å². The zero-order valence-electron chi connectivity index (χ0n) is 14.1. The van der Waals surface area contributed by atoms with Gasteiger partial charge in [-0.05, 0) is 19.4 Å². The molecule has 1 atom stereocenters. The van der Waals surface area contributed by atoms with Crippen molar-refractivity contribution in [1.82, 2.24) is 10.2 Å². The quantitative estimate of drug-likeness (QED) is 0.850. The van der Waals surface area contributed by atoms with Crippen molar-refractivity contribution >= 4 is 16.7 Å². The van der Waals surface area contributed by atoms with Gasteiger partial charge in [-0.2, -0.15) is 0 Å². The Morgan fingerprint density at radius 2 is 1.91 bits per heavy atom. The number of benzene rings is 1. The highest BCUT2D eigenvalue weighted by Gasteiger charge is 2.31. The number of rotatable bonds is 6. The van der Waals surface area contributed by atoms with Crippen LogP contribution in [0.3, 0.4) is 0 Å². The fourth-order valence-electron chi connectivity index (χ4n) is 2.77. The van der Waals surface area contributed by atoms with Crippen molar-refractivity contribution < 1.29 is 13.7 Å². The number of nitrogens with one attached hydrogen (secondary N) is 1. The van der Waals surface area contributed by atoms with Crippen LogP contribution < -0.4 is 5.32 Å². The van der Waals surface area contributed by atoms with E-state index in [1.807, 2.05) is 30.3 Å². The molecule has 2 rings (SSSR count). The highest BCUT2D eigenvalue weighted by molar-refractivity contribution is 7.85. The van der Waals surface area contributed by atoms with Crippen LogP contribution in [-0.2, 0) is 20.3 Å². The molecule has 1 amide bonds. The van der Waals surface area contributed by atoms with E-state index in [9.17, 15) is 9.00 Å². The molecule has 1 aromatic rings. The van der Waals surface area contributed by atoms with E-state index in [0.29, 0.717) is 18.1 Å². The Morgan fingerprint density at radius 1 is 1.30 bits per heavy atom. The number of amides is 1.